The van der Waals surface area contributed by atoms with Gasteiger partial charge in [-0.3, -0.25) is 9.78 Å². The van der Waals surface area contributed by atoms with Crippen LogP contribution in [0.4, 0.5) is 0 Å². The maximum Gasteiger partial charge on any atom is 0.278 e. The largest absolute Gasteiger partial charge is 0.303 e. The molecule has 0 aliphatic heterocycles. The van der Waals surface area contributed by atoms with E-state index in [-0.39, 0.29) is 11.3 Å². The van der Waals surface area contributed by atoms with Gasteiger partial charge in [-0.1, -0.05) is 23.7 Å². The summed E-state index contributed by atoms with van der Waals surface area (Å²) >= 11 is 5.82. The summed E-state index contributed by atoms with van der Waals surface area (Å²) in [4.78, 5) is 18.7. The molecule has 0 fully saturated rings. The molecule has 0 saturated heterocycles. The summed E-state index contributed by atoms with van der Waals surface area (Å²) in [6.07, 6.45) is 3.25. The average molecular weight is 285 g/mol. The number of hydrogen-bond donors (Lipinski definition) is 1. The Kier molecular flexibility index (Phi) is 3.26. The highest BCUT2D eigenvalue weighted by molar-refractivity contribution is 6.30. The van der Waals surface area contributed by atoms with Gasteiger partial charge in [0.05, 0.1) is 0 Å². The predicted octanol–water partition coefficient (Wildman–Crippen LogP) is 2.55. The monoisotopic (exact) mass is 284 g/mol. The fourth-order valence-corrected chi connectivity index (χ4v) is 1.90. The Morgan fingerprint density at radius 2 is 1.60 bits per heavy atom. The van der Waals surface area contributed by atoms with Gasteiger partial charge in [0.25, 0.3) is 5.56 Å². The molecule has 0 radical (unpaired) electrons. The first-order valence-electron chi connectivity index (χ1n) is 5.87. The lowest BCUT2D eigenvalue weighted by Crippen LogP contribution is -2.14. The van der Waals surface area contributed by atoms with E-state index in [1.807, 2.05) is 0 Å². The fraction of sp³-hybridized carbons (Fsp3) is 0. The molecule has 3 rings (SSSR count). The molecule has 0 bridgehead atoms. The molecule has 0 saturated carbocycles. The van der Waals surface area contributed by atoms with Crippen molar-refractivity contribution in [2.75, 3.05) is 0 Å². The van der Waals surface area contributed by atoms with E-state index in [0.29, 0.717) is 16.4 Å². The van der Waals surface area contributed by atoms with Crippen molar-refractivity contribution < 1.29 is 0 Å². The van der Waals surface area contributed by atoms with E-state index < -0.39 is 0 Å². The van der Waals surface area contributed by atoms with Gasteiger partial charge in [0.2, 0.25) is 0 Å². The smallest absolute Gasteiger partial charge is 0.278 e. The van der Waals surface area contributed by atoms with Crippen LogP contribution in [-0.2, 0) is 0 Å². The molecule has 1 N–H and O–H groups in total. The third kappa shape index (κ3) is 2.44. The van der Waals surface area contributed by atoms with Gasteiger partial charge in [-0.25, -0.2) is 0 Å². The van der Waals surface area contributed by atoms with Crippen molar-refractivity contribution in [1.29, 1.82) is 0 Å². The number of pyridine rings is 1. The Morgan fingerprint density at radius 3 is 2.25 bits per heavy atom. The van der Waals surface area contributed by atoms with Gasteiger partial charge >= 0.3 is 0 Å². The SMILES string of the molecule is O=c1[nH]c(-c2ccncc2)nnc1-c1ccc(Cl)cc1. The molecule has 6 heteroatoms. The van der Waals surface area contributed by atoms with Crippen LogP contribution < -0.4 is 5.56 Å². The second kappa shape index (κ2) is 5.22. The number of aromatic amines is 1. The lowest BCUT2D eigenvalue weighted by Gasteiger charge is -2.02. The van der Waals surface area contributed by atoms with Crippen LogP contribution in [0.5, 0.6) is 0 Å². The topological polar surface area (TPSA) is 71.5 Å². The molecule has 0 unspecified atom stereocenters. The van der Waals surface area contributed by atoms with E-state index in [1.165, 1.54) is 0 Å². The first-order chi connectivity index (χ1) is 9.74. The molecule has 3 aromatic rings. The standard InChI is InChI=1S/C14H9ClN4O/c15-11-3-1-9(2-4-11)12-14(20)17-13(19-18-12)10-5-7-16-8-6-10/h1-8H,(H,17,19,20). The molecule has 2 heterocycles. The highest BCUT2D eigenvalue weighted by Crippen LogP contribution is 2.17. The average Bonchev–Trinajstić information content (AvgIpc) is 2.49. The van der Waals surface area contributed by atoms with Crippen LogP contribution in [0.3, 0.4) is 0 Å². The van der Waals surface area contributed by atoms with Crippen LogP contribution in [-0.4, -0.2) is 20.2 Å². The maximum atomic E-state index is 12.1. The Hall–Kier alpha value is -2.53. The summed E-state index contributed by atoms with van der Waals surface area (Å²) in [6, 6.07) is 10.4. The Balaban J connectivity index is 2.04. The van der Waals surface area contributed by atoms with Crippen molar-refractivity contribution in [3.63, 3.8) is 0 Å². The summed E-state index contributed by atoms with van der Waals surface area (Å²) in [5.74, 6) is 0.412. The molecular weight excluding hydrogens is 276 g/mol. The summed E-state index contributed by atoms with van der Waals surface area (Å²) < 4.78 is 0. The van der Waals surface area contributed by atoms with Crippen molar-refractivity contribution >= 4 is 11.6 Å². The van der Waals surface area contributed by atoms with E-state index in [4.69, 9.17) is 11.6 Å². The molecule has 0 atom stereocenters. The summed E-state index contributed by atoms with van der Waals surface area (Å²) in [5.41, 5.74) is 1.39. The summed E-state index contributed by atoms with van der Waals surface area (Å²) in [7, 11) is 0. The second-order valence-corrected chi connectivity index (χ2v) is 4.53. The predicted molar refractivity (Wildman–Crippen MR) is 76.3 cm³/mol. The third-order valence-corrected chi connectivity index (χ3v) is 3.02. The number of nitrogens with zero attached hydrogens (tertiary/aromatic N) is 3. The van der Waals surface area contributed by atoms with Gasteiger partial charge in [0, 0.05) is 28.5 Å². The lowest BCUT2D eigenvalue weighted by molar-refractivity contribution is 0.962. The van der Waals surface area contributed by atoms with Crippen molar-refractivity contribution in [3.8, 4) is 22.6 Å². The molecule has 0 spiro atoms. The van der Waals surface area contributed by atoms with Crippen LogP contribution in [0.2, 0.25) is 5.02 Å². The van der Waals surface area contributed by atoms with E-state index in [9.17, 15) is 4.79 Å². The minimum atomic E-state index is -0.297. The minimum Gasteiger partial charge on any atom is -0.303 e. The molecule has 2 aromatic heterocycles. The van der Waals surface area contributed by atoms with Gasteiger partial charge in [-0.05, 0) is 24.3 Å². The Labute approximate surface area is 119 Å². The van der Waals surface area contributed by atoms with Crippen LogP contribution in [0.15, 0.2) is 53.6 Å². The normalized spacial score (nSPS) is 10.4. The van der Waals surface area contributed by atoms with E-state index in [2.05, 4.69) is 20.2 Å². The van der Waals surface area contributed by atoms with Crippen LogP contribution >= 0.6 is 11.6 Å². The van der Waals surface area contributed by atoms with Crippen molar-refractivity contribution in [2.24, 2.45) is 0 Å². The van der Waals surface area contributed by atoms with E-state index in [1.54, 1.807) is 48.8 Å². The lowest BCUT2D eigenvalue weighted by atomic mass is 10.1. The molecule has 20 heavy (non-hydrogen) atoms. The fourth-order valence-electron chi connectivity index (χ4n) is 1.77. The van der Waals surface area contributed by atoms with Crippen LogP contribution in [0.25, 0.3) is 22.6 Å². The van der Waals surface area contributed by atoms with Gasteiger partial charge < -0.3 is 4.98 Å². The van der Waals surface area contributed by atoms with Gasteiger partial charge in [0.1, 0.15) is 0 Å². The van der Waals surface area contributed by atoms with Gasteiger partial charge in [-0.2, -0.15) is 0 Å². The van der Waals surface area contributed by atoms with Crippen LogP contribution in [0.1, 0.15) is 0 Å². The van der Waals surface area contributed by atoms with Crippen molar-refractivity contribution in [3.05, 3.63) is 64.2 Å². The van der Waals surface area contributed by atoms with Gasteiger partial charge in [0.15, 0.2) is 11.5 Å². The quantitative estimate of drug-likeness (QED) is 0.785. The Bertz CT molecular complexity index is 784. The van der Waals surface area contributed by atoms with Crippen molar-refractivity contribution in [1.82, 2.24) is 20.2 Å². The van der Waals surface area contributed by atoms with Crippen molar-refractivity contribution in [2.45, 2.75) is 0 Å². The number of rotatable bonds is 2. The zero-order chi connectivity index (χ0) is 13.9. The summed E-state index contributed by atoms with van der Waals surface area (Å²) in [6.45, 7) is 0. The molecule has 98 valence electrons. The third-order valence-electron chi connectivity index (χ3n) is 2.77. The van der Waals surface area contributed by atoms with Gasteiger partial charge in [-0.15, -0.1) is 10.2 Å². The molecule has 5 nitrogen and oxygen atoms in total. The molecule has 0 aliphatic carbocycles. The van der Waals surface area contributed by atoms with E-state index in [0.717, 1.165) is 5.56 Å². The number of nitrogens with one attached hydrogen (secondary N) is 1. The maximum absolute atomic E-state index is 12.1. The first-order valence-corrected chi connectivity index (χ1v) is 6.25. The first kappa shape index (κ1) is 12.5. The minimum absolute atomic E-state index is 0.263. The van der Waals surface area contributed by atoms with Crippen LogP contribution in [0, 0.1) is 0 Å². The second-order valence-electron chi connectivity index (χ2n) is 4.09. The number of halogens is 1. The number of hydrogen-bond acceptors (Lipinski definition) is 4. The van der Waals surface area contributed by atoms with E-state index >= 15 is 0 Å². The Morgan fingerprint density at radius 1 is 0.900 bits per heavy atom. The number of H-pyrrole nitrogens is 1. The zero-order valence-electron chi connectivity index (χ0n) is 10.2. The number of benzene rings is 1. The highest BCUT2D eigenvalue weighted by atomic mass is 35.5. The molecule has 1 aromatic carbocycles. The summed E-state index contributed by atoms with van der Waals surface area (Å²) in [5, 5.41) is 8.64. The zero-order valence-corrected chi connectivity index (χ0v) is 11.0. The number of aromatic nitrogens is 4. The molecule has 0 amide bonds. The molecular formula is C14H9ClN4O. The highest BCUT2D eigenvalue weighted by Gasteiger charge is 2.08. The molecule has 0 aliphatic rings.